The summed E-state index contributed by atoms with van der Waals surface area (Å²) in [6, 6.07) is 2.06. The fourth-order valence-corrected chi connectivity index (χ4v) is 1.39. The van der Waals surface area contributed by atoms with Crippen molar-refractivity contribution in [2.45, 2.75) is 19.9 Å². The Hall–Kier alpha value is -1.84. The number of pyridine rings is 1. The number of esters is 1. The average molecular weight is 234 g/mol. The van der Waals surface area contributed by atoms with Crippen LogP contribution in [0.5, 0.6) is 0 Å². The van der Waals surface area contributed by atoms with E-state index in [0.29, 0.717) is 11.6 Å². The quantitative estimate of drug-likeness (QED) is 0.750. The van der Waals surface area contributed by atoms with Gasteiger partial charge in [-0.2, -0.15) is 0 Å². The Balaban J connectivity index is 3.18. The largest absolute Gasteiger partial charge is 0.465 e. The fraction of sp³-hybridized carbons (Fsp3) is 0.385. The first-order valence-electron chi connectivity index (χ1n) is 5.44. The zero-order valence-electron chi connectivity index (χ0n) is 10.7. The molecule has 17 heavy (non-hydrogen) atoms. The van der Waals surface area contributed by atoms with Crippen LogP contribution in [0.25, 0.3) is 6.08 Å². The van der Waals surface area contributed by atoms with Gasteiger partial charge in [0.25, 0.3) is 0 Å². The lowest BCUT2D eigenvalue weighted by molar-refractivity contribution is 0.0600. The summed E-state index contributed by atoms with van der Waals surface area (Å²) in [5.41, 5.74) is 1.26. The number of carbonyl (C=O) groups excluding carboxylic acids is 1. The number of nitrogens with zero attached hydrogens (tertiary/aromatic N) is 2. The highest BCUT2D eigenvalue weighted by Crippen LogP contribution is 2.20. The van der Waals surface area contributed by atoms with E-state index in [1.807, 2.05) is 11.9 Å². The van der Waals surface area contributed by atoms with Gasteiger partial charge in [0.05, 0.1) is 12.7 Å². The highest BCUT2D eigenvalue weighted by atomic mass is 16.5. The first-order chi connectivity index (χ1) is 8.01. The molecule has 0 saturated heterocycles. The van der Waals surface area contributed by atoms with Gasteiger partial charge in [-0.05, 0) is 19.9 Å². The van der Waals surface area contributed by atoms with Crippen molar-refractivity contribution in [1.82, 2.24) is 4.98 Å². The molecule has 0 aliphatic carbocycles. The van der Waals surface area contributed by atoms with E-state index in [1.165, 1.54) is 13.3 Å². The fourth-order valence-electron chi connectivity index (χ4n) is 1.39. The molecule has 0 aliphatic rings. The third-order valence-corrected chi connectivity index (χ3v) is 2.64. The zero-order chi connectivity index (χ0) is 13.0. The van der Waals surface area contributed by atoms with Gasteiger partial charge in [0.1, 0.15) is 5.82 Å². The summed E-state index contributed by atoms with van der Waals surface area (Å²) in [6.07, 6.45) is 3.21. The maximum absolute atomic E-state index is 11.4. The van der Waals surface area contributed by atoms with Crippen LogP contribution >= 0.6 is 0 Å². The molecule has 0 radical (unpaired) electrons. The second-order valence-electron chi connectivity index (χ2n) is 4.04. The molecule has 0 atom stereocenters. The smallest absolute Gasteiger partial charge is 0.339 e. The number of carbonyl (C=O) groups is 1. The summed E-state index contributed by atoms with van der Waals surface area (Å²) < 4.78 is 4.66. The molecule has 0 N–H and O–H groups in total. The van der Waals surface area contributed by atoms with Crippen LogP contribution in [0.3, 0.4) is 0 Å². The number of anilines is 1. The minimum absolute atomic E-state index is 0.324. The topological polar surface area (TPSA) is 42.4 Å². The molecule has 92 valence electrons. The van der Waals surface area contributed by atoms with Gasteiger partial charge in [-0.1, -0.05) is 12.7 Å². The van der Waals surface area contributed by atoms with E-state index in [4.69, 9.17) is 0 Å². The molecular weight excluding hydrogens is 216 g/mol. The Bertz CT molecular complexity index is 427. The van der Waals surface area contributed by atoms with Gasteiger partial charge in [0.15, 0.2) is 0 Å². The SMILES string of the molecule is C=Cc1cc(C(=O)OC)cnc1N(C)C(C)C. The summed E-state index contributed by atoms with van der Waals surface area (Å²) in [4.78, 5) is 17.7. The summed E-state index contributed by atoms with van der Waals surface area (Å²) in [7, 11) is 3.31. The van der Waals surface area contributed by atoms with Crippen molar-refractivity contribution in [2.75, 3.05) is 19.1 Å². The van der Waals surface area contributed by atoms with Gasteiger partial charge < -0.3 is 9.64 Å². The standard InChI is InChI=1S/C13H18N2O2/c1-6-10-7-11(13(16)17-5)8-14-12(10)15(4)9(2)3/h6-9H,1H2,2-5H3. The Morgan fingerprint density at radius 1 is 1.59 bits per heavy atom. The molecule has 1 heterocycles. The Kier molecular flexibility index (Phi) is 4.26. The first kappa shape index (κ1) is 13.2. The molecule has 0 spiro atoms. The maximum atomic E-state index is 11.4. The van der Waals surface area contributed by atoms with Crippen molar-refractivity contribution in [3.8, 4) is 0 Å². The van der Waals surface area contributed by atoms with Crippen molar-refractivity contribution >= 4 is 17.9 Å². The van der Waals surface area contributed by atoms with Gasteiger partial charge in [-0.3, -0.25) is 0 Å². The molecule has 0 bridgehead atoms. The third kappa shape index (κ3) is 2.84. The number of aromatic nitrogens is 1. The minimum atomic E-state index is -0.389. The molecule has 1 aromatic rings. The van der Waals surface area contributed by atoms with Gasteiger partial charge in [0, 0.05) is 24.8 Å². The molecule has 4 heteroatoms. The van der Waals surface area contributed by atoms with Crippen molar-refractivity contribution < 1.29 is 9.53 Å². The summed E-state index contributed by atoms with van der Waals surface area (Å²) in [6.45, 7) is 7.89. The van der Waals surface area contributed by atoms with E-state index in [1.54, 1.807) is 12.1 Å². The van der Waals surface area contributed by atoms with Crippen molar-refractivity contribution in [3.63, 3.8) is 0 Å². The maximum Gasteiger partial charge on any atom is 0.339 e. The lowest BCUT2D eigenvalue weighted by Crippen LogP contribution is -2.27. The van der Waals surface area contributed by atoms with Crippen molar-refractivity contribution in [2.24, 2.45) is 0 Å². The first-order valence-corrected chi connectivity index (χ1v) is 5.44. The molecule has 0 fully saturated rings. The van der Waals surface area contributed by atoms with Gasteiger partial charge >= 0.3 is 5.97 Å². The predicted molar refractivity (Wildman–Crippen MR) is 69.2 cm³/mol. The summed E-state index contributed by atoms with van der Waals surface area (Å²) in [5, 5.41) is 0. The molecule has 0 amide bonds. The van der Waals surface area contributed by atoms with Crippen LogP contribution in [-0.4, -0.2) is 31.2 Å². The molecular formula is C13H18N2O2. The van der Waals surface area contributed by atoms with Crippen LogP contribution < -0.4 is 4.90 Å². The van der Waals surface area contributed by atoms with Crippen molar-refractivity contribution in [1.29, 1.82) is 0 Å². The highest BCUT2D eigenvalue weighted by Gasteiger charge is 2.13. The molecule has 0 saturated carbocycles. The third-order valence-electron chi connectivity index (χ3n) is 2.64. The molecule has 0 unspecified atom stereocenters. The van der Waals surface area contributed by atoms with E-state index in [9.17, 15) is 4.79 Å². The minimum Gasteiger partial charge on any atom is -0.465 e. The summed E-state index contributed by atoms with van der Waals surface area (Å²) >= 11 is 0. The van der Waals surface area contributed by atoms with Crippen LogP contribution in [0.4, 0.5) is 5.82 Å². The number of hydrogen-bond donors (Lipinski definition) is 0. The van der Waals surface area contributed by atoms with E-state index in [2.05, 4.69) is 30.1 Å². The normalized spacial score (nSPS) is 10.2. The van der Waals surface area contributed by atoms with Crippen molar-refractivity contribution in [3.05, 3.63) is 30.0 Å². The Morgan fingerprint density at radius 3 is 2.71 bits per heavy atom. The second-order valence-corrected chi connectivity index (χ2v) is 4.04. The van der Waals surface area contributed by atoms with Gasteiger partial charge in [-0.25, -0.2) is 9.78 Å². The van der Waals surface area contributed by atoms with E-state index >= 15 is 0 Å². The van der Waals surface area contributed by atoms with Crippen LogP contribution in [0, 0.1) is 0 Å². The van der Waals surface area contributed by atoms with Crippen LogP contribution in [0.15, 0.2) is 18.8 Å². The monoisotopic (exact) mass is 234 g/mol. The Morgan fingerprint density at radius 2 is 2.24 bits per heavy atom. The lowest BCUT2D eigenvalue weighted by Gasteiger charge is -2.24. The number of rotatable bonds is 4. The van der Waals surface area contributed by atoms with Crippen LogP contribution in [0.2, 0.25) is 0 Å². The van der Waals surface area contributed by atoms with Gasteiger partial charge in [0.2, 0.25) is 0 Å². The highest BCUT2D eigenvalue weighted by molar-refractivity contribution is 5.90. The molecule has 0 aromatic carbocycles. The lowest BCUT2D eigenvalue weighted by atomic mass is 10.1. The molecule has 1 rings (SSSR count). The second kappa shape index (κ2) is 5.48. The van der Waals surface area contributed by atoms with Crippen LogP contribution in [0.1, 0.15) is 29.8 Å². The molecule has 0 aliphatic heterocycles. The average Bonchev–Trinajstić information content (AvgIpc) is 2.35. The number of methoxy groups -OCH3 is 1. The Labute approximate surface area is 102 Å². The molecule has 4 nitrogen and oxygen atoms in total. The number of ether oxygens (including phenoxy) is 1. The van der Waals surface area contributed by atoms with E-state index < -0.39 is 0 Å². The number of hydrogen-bond acceptors (Lipinski definition) is 4. The summed E-state index contributed by atoms with van der Waals surface area (Å²) in [5.74, 6) is 0.419. The predicted octanol–water partition coefficient (Wildman–Crippen LogP) is 2.36. The zero-order valence-corrected chi connectivity index (χ0v) is 10.7. The molecule has 1 aromatic heterocycles. The van der Waals surface area contributed by atoms with E-state index in [0.717, 1.165) is 11.4 Å². The van der Waals surface area contributed by atoms with E-state index in [-0.39, 0.29) is 5.97 Å². The van der Waals surface area contributed by atoms with Gasteiger partial charge in [-0.15, -0.1) is 0 Å². The van der Waals surface area contributed by atoms with Crippen LogP contribution in [-0.2, 0) is 4.74 Å².